The summed E-state index contributed by atoms with van der Waals surface area (Å²) in [6.45, 7) is 11.5. The number of aliphatic imine (C=N–C) groups is 1. The molecule has 6 nitrogen and oxygen atoms in total. The SMILES string of the molecule is C=C(C)C(=O)N(C(C)=NCC)C1CCCC(C(=O)NCCNC)CC1. The molecule has 0 aromatic rings. The van der Waals surface area contributed by atoms with Crippen molar-refractivity contribution in [3.8, 4) is 0 Å². The summed E-state index contributed by atoms with van der Waals surface area (Å²) in [5, 5.41) is 6.02. The number of hydrogen-bond acceptors (Lipinski definition) is 4. The van der Waals surface area contributed by atoms with E-state index < -0.39 is 0 Å². The predicted octanol–water partition coefficient (Wildman–Crippen LogP) is 2.11. The molecule has 0 spiro atoms. The first-order valence-electron chi connectivity index (χ1n) is 9.34. The van der Waals surface area contributed by atoms with Crippen LogP contribution in [-0.2, 0) is 9.59 Å². The lowest BCUT2D eigenvalue weighted by molar-refractivity contribution is -0.125. The topological polar surface area (TPSA) is 73.8 Å². The summed E-state index contributed by atoms with van der Waals surface area (Å²) >= 11 is 0. The van der Waals surface area contributed by atoms with Gasteiger partial charge < -0.3 is 10.6 Å². The monoisotopic (exact) mass is 350 g/mol. The Morgan fingerprint density at radius 3 is 2.48 bits per heavy atom. The Hall–Kier alpha value is -1.69. The molecule has 0 aliphatic heterocycles. The molecule has 1 aliphatic carbocycles. The third kappa shape index (κ3) is 6.61. The number of likely N-dealkylation sites (N-methyl/N-ethyl adjacent to an activating group) is 1. The molecule has 2 amide bonds. The van der Waals surface area contributed by atoms with Crippen LogP contribution in [0.2, 0.25) is 0 Å². The number of nitrogens with zero attached hydrogens (tertiary/aromatic N) is 2. The van der Waals surface area contributed by atoms with Crippen molar-refractivity contribution in [1.29, 1.82) is 0 Å². The van der Waals surface area contributed by atoms with E-state index in [0.29, 0.717) is 18.7 Å². The fraction of sp³-hybridized carbons (Fsp3) is 0.737. The average Bonchev–Trinajstić information content (AvgIpc) is 2.81. The number of carbonyl (C=O) groups is 2. The highest BCUT2D eigenvalue weighted by molar-refractivity contribution is 6.05. The molecule has 2 N–H and O–H groups in total. The Balaban J connectivity index is 2.77. The minimum Gasteiger partial charge on any atom is -0.355 e. The van der Waals surface area contributed by atoms with Gasteiger partial charge in [-0.15, -0.1) is 0 Å². The number of carbonyl (C=O) groups excluding carboxylic acids is 2. The highest BCUT2D eigenvalue weighted by Crippen LogP contribution is 2.27. The lowest BCUT2D eigenvalue weighted by Crippen LogP contribution is -2.44. The lowest BCUT2D eigenvalue weighted by Gasteiger charge is -2.31. The summed E-state index contributed by atoms with van der Waals surface area (Å²) in [7, 11) is 1.87. The van der Waals surface area contributed by atoms with Crippen molar-refractivity contribution in [2.45, 2.75) is 58.9 Å². The van der Waals surface area contributed by atoms with Gasteiger partial charge in [0.1, 0.15) is 5.84 Å². The molecular formula is C19H34N4O2. The van der Waals surface area contributed by atoms with Gasteiger partial charge in [0.15, 0.2) is 0 Å². The van der Waals surface area contributed by atoms with E-state index in [1.807, 2.05) is 20.9 Å². The normalized spacial score (nSPS) is 21.4. The molecule has 6 heteroatoms. The van der Waals surface area contributed by atoms with Gasteiger partial charge in [0.25, 0.3) is 5.91 Å². The molecule has 1 fully saturated rings. The molecule has 0 aromatic carbocycles. The third-order valence-corrected chi connectivity index (χ3v) is 4.67. The maximum atomic E-state index is 12.6. The highest BCUT2D eigenvalue weighted by atomic mass is 16.2. The number of nitrogens with one attached hydrogen (secondary N) is 2. The second kappa shape index (κ2) is 11.0. The van der Waals surface area contributed by atoms with E-state index in [2.05, 4.69) is 22.2 Å². The Morgan fingerprint density at radius 2 is 1.88 bits per heavy atom. The van der Waals surface area contributed by atoms with Crippen molar-refractivity contribution in [3.05, 3.63) is 12.2 Å². The van der Waals surface area contributed by atoms with Crippen LogP contribution in [0.1, 0.15) is 52.9 Å². The van der Waals surface area contributed by atoms with Gasteiger partial charge in [-0.25, -0.2) is 0 Å². The molecule has 1 saturated carbocycles. The molecular weight excluding hydrogens is 316 g/mol. The second-order valence-corrected chi connectivity index (χ2v) is 6.73. The maximum absolute atomic E-state index is 12.6. The van der Waals surface area contributed by atoms with E-state index in [1.54, 1.807) is 11.8 Å². The van der Waals surface area contributed by atoms with Crippen LogP contribution in [0.3, 0.4) is 0 Å². The van der Waals surface area contributed by atoms with Crippen LogP contribution in [0.15, 0.2) is 17.1 Å². The molecule has 1 aliphatic rings. The van der Waals surface area contributed by atoms with Crippen molar-refractivity contribution < 1.29 is 9.59 Å². The van der Waals surface area contributed by atoms with E-state index in [1.165, 1.54) is 0 Å². The first-order chi connectivity index (χ1) is 11.9. The van der Waals surface area contributed by atoms with E-state index in [-0.39, 0.29) is 23.8 Å². The average molecular weight is 351 g/mol. The van der Waals surface area contributed by atoms with Gasteiger partial charge in [-0.1, -0.05) is 13.0 Å². The van der Waals surface area contributed by atoms with Crippen molar-refractivity contribution in [2.24, 2.45) is 10.9 Å². The van der Waals surface area contributed by atoms with Crippen LogP contribution in [0, 0.1) is 5.92 Å². The summed E-state index contributed by atoms with van der Waals surface area (Å²) in [4.78, 5) is 31.2. The molecule has 2 atom stereocenters. The standard InChI is InChI=1S/C19H34N4O2/c1-6-21-15(4)23(19(25)14(2)3)17-9-7-8-16(10-11-17)18(24)22-13-12-20-5/h16-17,20H,2,6-13H2,1,3-5H3,(H,22,24). The zero-order valence-electron chi connectivity index (χ0n) is 16.2. The minimum absolute atomic E-state index is 0.0343. The molecule has 0 aromatic heterocycles. The summed E-state index contributed by atoms with van der Waals surface area (Å²) < 4.78 is 0. The van der Waals surface area contributed by atoms with Crippen LogP contribution in [-0.4, -0.2) is 55.3 Å². The molecule has 25 heavy (non-hydrogen) atoms. The minimum atomic E-state index is -0.0587. The molecule has 0 bridgehead atoms. The van der Waals surface area contributed by atoms with E-state index in [4.69, 9.17) is 0 Å². The smallest absolute Gasteiger partial charge is 0.254 e. The van der Waals surface area contributed by atoms with E-state index in [0.717, 1.165) is 44.5 Å². The van der Waals surface area contributed by atoms with Gasteiger partial charge in [0, 0.05) is 37.2 Å². The quantitative estimate of drug-likeness (QED) is 0.243. The Labute approximate surface area is 152 Å². The van der Waals surface area contributed by atoms with Crippen LogP contribution in [0.5, 0.6) is 0 Å². The fourth-order valence-corrected chi connectivity index (χ4v) is 3.35. The summed E-state index contributed by atoms with van der Waals surface area (Å²) in [6.07, 6.45) is 4.33. The molecule has 2 unspecified atom stereocenters. The maximum Gasteiger partial charge on any atom is 0.254 e. The van der Waals surface area contributed by atoms with Crippen LogP contribution in [0.4, 0.5) is 0 Å². The predicted molar refractivity (Wildman–Crippen MR) is 103 cm³/mol. The van der Waals surface area contributed by atoms with Crippen molar-refractivity contribution in [2.75, 3.05) is 26.7 Å². The first kappa shape index (κ1) is 21.4. The first-order valence-corrected chi connectivity index (χ1v) is 9.34. The van der Waals surface area contributed by atoms with Crippen molar-refractivity contribution >= 4 is 17.6 Å². The van der Waals surface area contributed by atoms with Gasteiger partial charge in [-0.2, -0.15) is 0 Å². The van der Waals surface area contributed by atoms with Crippen LogP contribution >= 0.6 is 0 Å². The summed E-state index contributed by atoms with van der Waals surface area (Å²) in [6, 6.07) is 0.0922. The Morgan fingerprint density at radius 1 is 1.16 bits per heavy atom. The van der Waals surface area contributed by atoms with Gasteiger partial charge in [0.2, 0.25) is 5.91 Å². The van der Waals surface area contributed by atoms with Gasteiger partial charge in [-0.3, -0.25) is 19.5 Å². The van der Waals surface area contributed by atoms with Gasteiger partial charge >= 0.3 is 0 Å². The molecule has 0 radical (unpaired) electrons. The van der Waals surface area contributed by atoms with Crippen molar-refractivity contribution in [3.63, 3.8) is 0 Å². The third-order valence-electron chi connectivity index (χ3n) is 4.67. The van der Waals surface area contributed by atoms with E-state index >= 15 is 0 Å². The zero-order valence-corrected chi connectivity index (χ0v) is 16.2. The summed E-state index contributed by atoms with van der Waals surface area (Å²) in [5.74, 6) is 0.855. The van der Waals surface area contributed by atoms with Gasteiger partial charge in [0.05, 0.1) is 0 Å². The van der Waals surface area contributed by atoms with Crippen molar-refractivity contribution in [1.82, 2.24) is 15.5 Å². The molecule has 0 saturated heterocycles. The van der Waals surface area contributed by atoms with E-state index in [9.17, 15) is 9.59 Å². The number of amidine groups is 1. The molecule has 142 valence electrons. The lowest BCUT2D eigenvalue weighted by atomic mass is 9.99. The Bertz CT molecular complexity index is 502. The fourth-order valence-electron chi connectivity index (χ4n) is 3.35. The van der Waals surface area contributed by atoms with Crippen LogP contribution in [0.25, 0.3) is 0 Å². The zero-order chi connectivity index (χ0) is 18.8. The number of amides is 2. The number of rotatable bonds is 7. The largest absolute Gasteiger partial charge is 0.355 e. The molecule has 0 heterocycles. The second-order valence-electron chi connectivity index (χ2n) is 6.73. The Kier molecular flexibility index (Phi) is 9.42. The highest BCUT2D eigenvalue weighted by Gasteiger charge is 2.30. The summed E-state index contributed by atoms with van der Waals surface area (Å²) in [5.41, 5.74) is 0.524. The molecule has 1 rings (SSSR count). The number of hydrogen-bond donors (Lipinski definition) is 2. The van der Waals surface area contributed by atoms with Crippen LogP contribution < -0.4 is 10.6 Å². The van der Waals surface area contributed by atoms with Gasteiger partial charge in [-0.05, 0) is 53.5 Å².